The first-order valence-electron chi connectivity index (χ1n) is 12.0. The van der Waals surface area contributed by atoms with E-state index in [1.54, 1.807) is 31.4 Å². The van der Waals surface area contributed by atoms with E-state index in [9.17, 15) is 9.90 Å². The Hall–Kier alpha value is -4.84. The molecule has 6 nitrogen and oxygen atoms in total. The van der Waals surface area contributed by atoms with E-state index >= 15 is 0 Å². The Labute approximate surface area is 213 Å². The van der Waals surface area contributed by atoms with Gasteiger partial charge in [-0.3, -0.25) is 9.80 Å². The molecule has 4 aromatic carbocycles. The van der Waals surface area contributed by atoms with Crippen molar-refractivity contribution in [2.75, 3.05) is 12.1 Å². The molecule has 37 heavy (non-hydrogen) atoms. The zero-order valence-corrected chi connectivity index (χ0v) is 20.2. The zero-order valence-electron chi connectivity index (χ0n) is 20.2. The number of methoxy groups -OCH3 is 1. The number of anilines is 1. The molecule has 1 unspecified atom stereocenters. The van der Waals surface area contributed by atoms with Gasteiger partial charge in [-0.1, -0.05) is 54.6 Å². The fourth-order valence-electron chi connectivity index (χ4n) is 4.73. The monoisotopic (exact) mass is 488 g/mol. The van der Waals surface area contributed by atoms with Gasteiger partial charge in [-0.25, -0.2) is 0 Å². The largest absolute Gasteiger partial charge is 0.502 e. The lowest BCUT2D eigenvalue weighted by atomic mass is 9.98. The van der Waals surface area contributed by atoms with Crippen LogP contribution in [-0.4, -0.2) is 17.9 Å². The predicted octanol–water partition coefficient (Wildman–Crippen LogP) is 6.53. The summed E-state index contributed by atoms with van der Waals surface area (Å²) >= 11 is 0. The highest BCUT2D eigenvalue weighted by Gasteiger charge is 2.30. The van der Waals surface area contributed by atoms with Crippen LogP contribution in [0, 0.1) is 0 Å². The first-order chi connectivity index (χ1) is 18.1. The van der Waals surface area contributed by atoms with Gasteiger partial charge in [-0.2, -0.15) is 5.10 Å². The standard InChI is InChI=1S/C31H24N2O4/c1-36-24-17-13-21(14-18-24)27-19-26(20-7-3-2-4-8-20)32-33(27)23-15-11-22(12-16-23)31-30(35)29(34)25-9-5-6-10-28(25)37-31/h2-18,27,35H,19H2,1H3. The highest BCUT2D eigenvalue weighted by Crippen LogP contribution is 2.38. The zero-order chi connectivity index (χ0) is 25.4. The maximum Gasteiger partial charge on any atom is 0.235 e. The van der Waals surface area contributed by atoms with Crippen molar-refractivity contribution in [3.8, 4) is 22.8 Å². The lowest BCUT2D eigenvalue weighted by Gasteiger charge is -2.24. The molecule has 0 amide bonds. The van der Waals surface area contributed by atoms with Gasteiger partial charge in [0.05, 0.1) is 29.9 Å². The summed E-state index contributed by atoms with van der Waals surface area (Å²) in [5.41, 5.74) is 4.69. The summed E-state index contributed by atoms with van der Waals surface area (Å²) < 4.78 is 11.2. The maximum absolute atomic E-state index is 12.7. The number of hydrogen-bond donors (Lipinski definition) is 1. The lowest BCUT2D eigenvalue weighted by Crippen LogP contribution is -2.18. The molecule has 6 heteroatoms. The number of nitrogens with zero attached hydrogens (tertiary/aromatic N) is 2. The Morgan fingerprint density at radius 2 is 1.57 bits per heavy atom. The van der Waals surface area contributed by atoms with Crippen LogP contribution in [0.5, 0.6) is 11.5 Å². The van der Waals surface area contributed by atoms with Gasteiger partial charge in [0.1, 0.15) is 11.3 Å². The van der Waals surface area contributed by atoms with E-state index in [-0.39, 0.29) is 11.8 Å². The van der Waals surface area contributed by atoms with E-state index in [2.05, 4.69) is 24.3 Å². The average Bonchev–Trinajstić information content (AvgIpc) is 3.41. The van der Waals surface area contributed by atoms with Gasteiger partial charge < -0.3 is 14.3 Å². The summed E-state index contributed by atoms with van der Waals surface area (Å²) in [7, 11) is 1.66. The number of fused-ring (bicyclic) bond motifs is 1. The Morgan fingerprint density at radius 1 is 0.865 bits per heavy atom. The highest BCUT2D eigenvalue weighted by molar-refractivity contribution is 6.03. The molecule has 2 heterocycles. The van der Waals surface area contributed by atoms with E-state index in [0.717, 1.165) is 34.7 Å². The molecule has 1 N–H and O–H groups in total. The number of para-hydroxylation sites is 1. The van der Waals surface area contributed by atoms with Gasteiger partial charge >= 0.3 is 0 Å². The second-order valence-corrected chi connectivity index (χ2v) is 8.90. The van der Waals surface area contributed by atoms with E-state index in [4.69, 9.17) is 14.3 Å². The smallest absolute Gasteiger partial charge is 0.235 e. The van der Waals surface area contributed by atoms with Gasteiger partial charge in [-0.15, -0.1) is 0 Å². The van der Waals surface area contributed by atoms with Crippen molar-refractivity contribution in [2.45, 2.75) is 12.5 Å². The summed E-state index contributed by atoms with van der Waals surface area (Å²) in [6.45, 7) is 0. The minimum atomic E-state index is -0.447. The number of rotatable bonds is 5. The first kappa shape index (κ1) is 22.6. The average molecular weight is 489 g/mol. The van der Waals surface area contributed by atoms with E-state index < -0.39 is 11.2 Å². The number of aromatic hydroxyl groups is 1. The fourth-order valence-corrected chi connectivity index (χ4v) is 4.73. The minimum Gasteiger partial charge on any atom is -0.502 e. The van der Waals surface area contributed by atoms with Gasteiger partial charge in [0.15, 0.2) is 5.76 Å². The van der Waals surface area contributed by atoms with Crippen LogP contribution in [0.25, 0.3) is 22.3 Å². The molecule has 1 atom stereocenters. The molecule has 0 aliphatic carbocycles. The molecular formula is C31H24N2O4. The van der Waals surface area contributed by atoms with Crippen LogP contribution < -0.4 is 15.2 Å². The Morgan fingerprint density at radius 3 is 2.30 bits per heavy atom. The lowest BCUT2D eigenvalue weighted by molar-refractivity contribution is 0.414. The maximum atomic E-state index is 12.7. The first-order valence-corrected chi connectivity index (χ1v) is 12.0. The van der Waals surface area contributed by atoms with Gasteiger partial charge in [0.2, 0.25) is 11.2 Å². The molecule has 0 bridgehead atoms. The molecule has 0 spiro atoms. The number of ether oxygens (including phenoxy) is 1. The molecule has 0 radical (unpaired) electrons. The van der Waals surface area contributed by atoms with E-state index in [0.29, 0.717) is 16.5 Å². The molecular weight excluding hydrogens is 464 g/mol. The van der Waals surface area contributed by atoms with E-state index in [1.165, 1.54) is 0 Å². The third-order valence-electron chi connectivity index (χ3n) is 6.69. The highest BCUT2D eigenvalue weighted by atomic mass is 16.5. The fraction of sp³-hybridized carbons (Fsp3) is 0.0968. The van der Waals surface area contributed by atoms with Crippen LogP contribution in [-0.2, 0) is 0 Å². The predicted molar refractivity (Wildman–Crippen MR) is 145 cm³/mol. The van der Waals surface area contributed by atoms with Crippen LogP contribution in [0.2, 0.25) is 0 Å². The number of hydrazone groups is 1. The molecule has 182 valence electrons. The Kier molecular flexibility index (Phi) is 5.69. The van der Waals surface area contributed by atoms with Crippen LogP contribution in [0.3, 0.4) is 0 Å². The van der Waals surface area contributed by atoms with Crippen LogP contribution in [0.1, 0.15) is 23.6 Å². The molecule has 1 aliphatic rings. The Balaban J connectivity index is 1.39. The van der Waals surface area contributed by atoms with Gasteiger partial charge in [-0.05, 0) is 59.7 Å². The molecule has 1 aliphatic heterocycles. The molecule has 0 saturated carbocycles. The van der Waals surface area contributed by atoms with Crippen LogP contribution in [0.15, 0.2) is 117 Å². The van der Waals surface area contributed by atoms with Crippen molar-refractivity contribution in [3.63, 3.8) is 0 Å². The second kappa shape index (κ2) is 9.32. The SMILES string of the molecule is COc1ccc(C2CC(c3ccccc3)=NN2c2ccc(-c3oc4ccccc4c(=O)c3O)cc2)cc1. The molecule has 1 aromatic heterocycles. The van der Waals surface area contributed by atoms with Gasteiger partial charge in [0, 0.05) is 12.0 Å². The molecule has 0 fully saturated rings. The minimum absolute atomic E-state index is 0.000958. The summed E-state index contributed by atoms with van der Waals surface area (Å²) in [6.07, 6.45) is 0.748. The second-order valence-electron chi connectivity index (χ2n) is 8.90. The number of hydrogen-bond acceptors (Lipinski definition) is 6. The third kappa shape index (κ3) is 4.12. The summed E-state index contributed by atoms with van der Waals surface area (Å²) in [4.78, 5) is 12.7. The summed E-state index contributed by atoms with van der Waals surface area (Å²) in [5, 5.41) is 17.9. The van der Waals surface area contributed by atoms with Crippen molar-refractivity contribution < 1.29 is 14.3 Å². The van der Waals surface area contributed by atoms with Crippen molar-refractivity contribution in [2.24, 2.45) is 5.10 Å². The molecule has 6 rings (SSSR count). The van der Waals surface area contributed by atoms with E-state index in [1.807, 2.05) is 59.6 Å². The van der Waals surface area contributed by atoms with Crippen molar-refractivity contribution in [3.05, 3.63) is 124 Å². The molecule has 5 aromatic rings. The Bertz CT molecular complexity index is 1660. The summed E-state index contributed by atoms with van der Waals surface area (Å²) in [6, 6.07) is 32.6. The quantitative estimate of drug-likeness (QED) is 0.304. The van der Waals surface area contributed by atoms with Crippen molar-refractivity contribution in [1.29, 1.82) is 0 Å². The topological polar surface area (TPSA) is 75.3 Å². The third-order valence-corrected chi connectivity index (χ3v) is 6.69. The van der Waals surface area contributed by atoms with Crippen molar-refractivity contribution in [1.82, 2.24) is 0 Å². The van der Waals surface area contributed by atoms with Crippen molar-refractivity contribution >= 4 is 22.4 Å². The molecule has 0 saturated heterocycles. The number of benzene rings is 4. The van der Waals surface area contributed by atoms with Gasteiger partial charge in [0.25, 0.3) is 0 Å². The van der Waals surface area contributed by atoms with Crippen LogP contribution in [0.4, 0.5) is 5.69 Å². The summed E-state index contributed by atoms with van der Waals surface area (Å²) in [5.74, 6) is 0.559. The van der Waals surface area contributed by atoms with Crippen LogP contribution >= 0.6 is 0 Å². The normalized spacial score (nSPS) is 15.1.